The van der Waals surface area contributed by atoms with Crippen LogP contribution in [0.4, 0.5) is 28.4 Å². The topological polar surface area (TPSA) is 257 Å². The fourth-order valence-electron chi connectivity index (χ4n) is 4.61. The maximum atomic E-state index is 13.3. The van der Waals surface area contributed by atoms with Gasteiger partial charge in [-0.05, 0) is 91.5 Å². The van der Waals surface area contributed by atoms with Gasteiger partial charge in [0.25, 0.3) is 20.2 Å². The van der Waals surface area contributed by atoms with Gasteiger partial charge in [0.1, 0.15) is 38.4 Å². The smallest absolute Gasteiger partial charge is 0.296 e. The monoisotopic (exact) mass is 785 g/mol. The van der Waals surface area contributed by atoms with Crippen molar-refractivity contribution in [1.82, 2.24) is 0 Å². The molecule has 0 heterocycles. The third-order valence-electron chi connectivity index (χ3n) is 7.09. The van der Waals surface area contributed by atoms with Gasteiger partial charge in [0.05, 0.1) is 21.7 Å². The summed E-state index contributed by atoms with van der Waals surface area (Å²) in [4.78, 5) is -1.94. The first-order chi connectivity index (χ1) is 24.5. The highest BCUT2D eigenvalue weighted by atomic mass is 32.2. The van der Waals surface area contributed by atoms with Crippen LogP contribution in [0.2, 0.25) is 0 Å². The lowest BCUT2D eigenvalue weighted by Crippen LogP contribution is -2.04. The summed E-state index contributed by atoms with van der Waals surface area (Å²) in [5.41, 5.74) is 6.88. The largest absolute Gasteiger partial charge is 0.505 e. The number of benzene rings is 5. The molecule has 2 unspecified atom stereocenters. The first-order valence-electron chi connectivity index (χ1n) is 14.5. The number of nitrogens with zero attached hydrogens (tertiary/aromatic N) is 4. The zero-order valence-corrected chi connectivity index (χ0v) is 30.2. The van der Waals surface area contributed by atoms with Crippen molar-refractivity contribution in [3.8, 4) is 17.2 Å². The van der Waals surface area contributed by atoms with E-state index in [1.54, 1.807) is 19.1 Å². The average Bonchev–Trinajstić information content (AvgIpc) is 3.08. The molecule has 0 amide bonds. The Morgan fingerprint density at radius 3 is 2.00 bits per heavy atom. The summed E-state index contributed by atoms with van der Waals surface area (Å²) in [5.74, 6) is -0.421. The number of hydrogen-bond acceptors (Lipinski definition) is 14. The second-order valence-electron chi connectivity index (χ2n) is 10.7. The van der Waals surface area contributed by atoms with Gasteiger partial charge in [-0.15, -0.1) is 15.3 Å². The van der Waals surface area contributed by atoms with E-state index in [-0.39, 0.29) is 39.3 Å². The van der Waals surface area contributed by atoms with Crippen molar-refractivity contribution in [2.75, 3.05) is 5.73 Å². The average molecular weight is 786 g/mol. The van der Waals surface area contributed by atoms with Crippen LogP contribution in [-0.2, 0) is 42.4 Å². The predicted octanol–water partition coefficient (Wildman–Crippen LogP) is 7.36. The number of phenols is 1. The van der Waals surface area contributed by atoms with E-state index >= 15 is 0 Å². The molecule has 2 atom stereocenters. The van der Waals surface area contributed by atoms with Crippen molar-refractivity contribution >= 4 is 81.6 Å². The van der Waals surface area contributed by atoms with Crippen LogP contribution < -0.4 is 14.1 Å². The van der Waals surface area contributed by atoms with Crippen LogP contribution in [0.25, 0.3) is 10.8 Å². The van der Waals surface area contributed by atoms with Crippen LogP contribution in [0.3, 0.4) is 0 Å². The molecule has 0 spiro atoms. The zero-order valence-electron chi connectivity index (χ0n) is 26.9. The van der Waals surface area contributed by atoms with Crippen molar-refractivity contribution in [3.05, 3.63) is 102 Å². The van der Waals surface area contributed by atoms with E-state index in [4.69, 9.17) is 14.1 Å². The molecule has 20 heteroatoms. The van der Waals surface area contributed by atoms with Gasteiger partial charge in [0, 0.05) is 5.41 Å². The minimum Gasteiger partial charge on any atom is -0.505 e. The minimum absolute atomic E-state index is 0.0699. The third kappa shape index (κ3) is 8.55. The number of aromatic hydroxyl groups is 1. The minimum atomic E-state index is -5.07. The fourth-order valence-corrected chi connectivity index (χ4v) is 7.10. The first-order valence-corrected chi connectivity index (χ1v) is 19.5. The summed E-state index contributed by atoms with van der Waals surface area (Å²) in [6.07, 6.45) is 0. The maximum Gasteiger partial charge on any atom is 0.296 e. The lowest BCUT2D eigenvalue weighted by atomic mass is 10.0. The molecular formula is C32H27N5O11S4. The number of fused-ring (bicyclic) bond motifs is 1. The predicted molar refractivity (Wildman–Crippen MR) is 193 cm³/mol. The standard InChI is InChI=1S/C32H27N5O11S4/c1-4-49(39)47-22-11-7-21(8-12-22)34-36-30-19(3)15-20-16-27(52(44,45)46)31(32(38)28(20)29(30)33)37-35-25-14-13-24(51(41,42)43)17-26(25)50(40)48-23-9-5-18(2)6-10-23/h4-17,38H,1,33H2,2-3H3,(H,41,42,43)(H,44,45,46). The van der Waals surface area contributed by atoms with Gasteiger partial charge in [0.2, 0.25) is 22.2 Å². The van der Waals surface area contributed by atoms with Crippen LogP contribution >= 0.6 is 0 Å². The van der Waals surface area contributed by atoms with Gasteiger partial charge < -0.3 is 19.2 Å². The SMILES string of the molecule is C=CS(=O)Oc1ccc(N=Nc2c(C)cc3cc(S(=O)(=O)O)c(N=Nc4ccc(S(=O)(=O)O)cc4S(=O)Oc4ccc(C)cc4)c(O)c3c2N)cc1. The van der Waals surface area contributed by atoms with E-state index in [0.29, 0.717) is 11.3 Å². The van der Waals surface area contributed by atoms with Crippen molar-refractivity contribution in [3.63, 3.8) is 0 Å². The molecule has 0 aliphatic heterocycles. The highest BCUT2D eigenvalue weighted by molar-refractivity contribution is 7.86. The van der Waals surface area contributed by atoms with E-state index in [1.165, 1.54) is 42.5 Å². The molecule has 0 aliphatic carbocycles. The Morgan fingerprint density at radius 2 is 1.38 bits per heavy atom. The maximum absolute atomic E-state index is 13.3. The highest BCUT2D eigenvalue weighted by Gasteiger charge is 2.25. The van der Waals surface area contributed by atoms with E-state index in [0.717, 1.165) is 35.2 Å². The molecule has 52 heavy (non-hydrogen) atoms. The van der Waals surface area contributed by atoms with Crippen molar-refractivity contribution < 1.29 is 47.8 Å². The molecule has 5 rings (SSSR count). The number of nitrogens with two attached hydrogens (primary N) is 1. The molecule has 0 saturated heterocycles. The fraction of sp³-hybridized carbons (Fsp3) is 0.0625. The van der Waals surface area contributed by atoms with Gasteiger partial charge in [-0.2, -0.15) is 21.9 Å². The summed E-state index contributed by atoms with van der Waals surface area (Å²) >= 11 is -4.19. The zero-order chi connectivity index (χ0) is 38.0. The number of azo groups is 2. The molecule has 0 aliphatic rings. The number of hydrogen-bond donors (Lipinski definition) is 4. The lowest BCUT2D eigenvalue weighted by Gasteiger charge is -2.14. The summed E-state index contributed by atoms with van der Waals surface area (Å²) in [6.45, 7) is 6.79. The van der Waals surface area contributed by atoms with Gasteiger partial charge in [-0.25, -0.2) is 8.42 Å². The van der Waals surface area contributed by atoms with E-state index in [9.17, 15) is 39.5 Å². The molecule has 0 radical (unpaired) electrons. The van der Waals surface area contributed by atoms with Gasteiger partial charge in [-0.1, -0.05) is 24.3 Å². The summed E-state index contributed by atoms with van der Waals surface area (Å²) in [6, 6.07) is 17.6. The van der Waals surface area contributed by atoms with Crippen molar-refractivity contribution in [2.45, 2.75) is 28.5 Å². The Balaban J connectivity index is 1.60. The molecule has 0 aromatic heterocycles. The second-order valence-corrected chi connectivity index (χ2v) is 15.6. The number of rotatable bonds is 12. The molecule has 0 fully saturated rings. The van der Waals surface area contributed by atoms with Crippen LogP contribution in [0.15, 0.2) is 126 Å². The Hall–Kier alpha value is -5.38. The normalized spacial score (nSPS) is 13.4. The molecule has 0 bridgehead atoms. The number of anilines is 1. The summed E-state index contributed by atoms with van der Waals surface area (Å²) in [7, 11) is -9.86. The quantitative estimate of drug-likeness (QED) is 0.0550. The number of nitrogen functional groups attached to an aromatic ring is 1. The number of phenolic OH excluding ortho intramolecular Hbond substituents is 1. The van der Waals surface area contributed by atoms with Gasteiger partial charge in [-0.3, -0.25) is 9.11 Å². The van der Waals surface area contributed by atoms with Crippen LogP contribution in [0, 0.1) is 13.8 Å². The number of aryl methyl sites for hydroxylation is 2. The van der Waals surface area contributed by atoms with Crippen LogP contribution in [-0.4, -0.2) is 39.5 Å². The molecule has 5 aromatic rings. The second kappa shape index (κ2) is 15.1. The molecule has 270 valence electrons. The van der Waals surface area contributed by atoms with Crippen molar-refractivity contribution in [1.29, 1.82) is 0 Å². The molecular weight excluding hydrogens is 759 g/mol. The highest BCUT2D eigenvalue weighted by Crippen LogP contribution is 2.47. The molecule has 16 nitrogen and oxygen atoms in total. The van der Waals surface area contributed by atoms with Crippen molar-refractivity contribution in [2.24, 2.45) is 20.5 Å². The molecule has 5 N–H and O–H groups in total. The van der Waals surface area contributed by atoms with E-state index in [2.05, 4.69) is 27.0 Å². The van der Waals surface area contributed by atoms with Crippen LogP contribution in [0.1, 0.15) is 11.1 Å². The van der Waals surface area contributed by atoms with E-state index in [1.807, 2.05) is 6.92 Å². The molecule has 0 saturated carbocycles. The first kappa shape index (κ1) is 37.9. The Labute approximate surface area is 302 Å². The van der Waals surface area contributed by atoms with E-state index < -0.39 is 68.5 Å². The van der Waals surface area contributed by atoms with Crippen LogP contribution in [0.5, 0.6) is 17.2 Å². The van der Waals surface area contributed by atoms with Gasteiger partial charge >= 0.3 is 0 Å². The molecule has 5 aromatic carbocycles. The third-order valence-corrected chi connectivity index (χ3v) is 10.5. The summed E-state index contributed by atoms with van der Waals surface area (Å²) < 4.78 is 104. The van der Waals surface area contributed by atoms with Gasteiger partial charge in [0.15, 0.2) is 5.75 Å². The summed E-state index contributed by atoms with van der Waals surface area (Å²) in [5, 5.41) is 28.6. The Bertz CT molecular complexity index is 2560. The lowest BCUT2D eigenvalue weighted by molar-refractivity contribution is 0.472. The Morgan fingerprint density at radius 1 is 0.769 bits per heavy atom. The Kier molecular flexibility index (Phi) is 11.0.